The lowest BCUT2D eigenvalue weighted by Crippen LogP contribution is -2.64. The van der Waals surface area contributed by atoms with Crippen LogP contribution in [0, 0.1) is 18.3 Å². The molecular weight excluding hydrogens is 436 g/mol. The second kappa shape index (κ2) is 10.6. The molecule has 32 heavy (non-hydrogen) atoms. The van der Waals surface area contributed by atoms with E-state index in [1.807, 2.05) is 0 Å². The summed E-state index contributed by atoms with van der Waals surface area (Å²) in [5.41, 5.74) is 0. The maximum atomic E-state index is 6.97. The number of hydrogen-bond acceptors (Lipinski definition) is 5. The maximum absolute atomic E-state index is 6.97. The molecule has 186 valence electrons. The zero-order valence-corrected chi connectivity index (χ0v) is 24.2. The van der Waals surface area contributed by atoms with E-state index in [0.29, 0.717) is 18.9 Å². The third kappa shape index (κ3) is 5.37. The maximum Gasteiger partial charge on any atom is 0.220 e. The van der Waals surface area contributed by atoms with Gasteiger partial charge in [0.1, 0.15) is 18.3 Å². The Morgan fingerprint density at radius 3 is 2.16 bits per heavy atom. The Balaban J connectivity index is 2.37. The van der Waals surface area contributed by atoms with Gasteiger partial charge in [-0.05, 0) is 48.6 Å². The summed E-state index contributed by atoms with van der Waals surface area (Å²) >= 11 is 0. The summed E-state index contributed by atoms with van der Waals surface area (Å²) in [7, 11) is -2.18. The van der Waals surface area contributed by atoms with Gasteiger partial charge in [-0.25, -0.2) is 0 Å². The predicted octanol–water partition coefficient (Wildman–Crippen LogP) is 5.96. The predicted molar refractivity (Wildman–Crippen MR) is 136 cm³/mol. The third-order valence-corrected chi connectivity index (χ3v) is 17.5. The van der Waals surface area contributed by atoms with Crippen molar-refractivity contribution in [2.45, 2.75) is 128 Å². The molecule has 2 saturated heterocycles. The summed E-state index contributed by atoms with van der Waals surface area (Å²) < 4.78 is 32.9. The standard InChI is InChI=1S/C25H48O5Si2/c1-12-20-21(29-32(13-2,14-3)15-4)18-22(28-20)25(26-9)23(19(5)16-17-27-25)30-31(10,11)24(6,7)8/h1,19-23H,13-18H2,2-11H3/t19-,20-,21-,22+,23-,25-/m1/s1. The summed E-state index contributed by atoms with van der Waals surface area (Å²) in [6.07, 6.45) is 6.47. The van der Waals surface area contributed by atoms with E-state index in [-0.39, 0.29) is 23.4 Å². The van der Waals surface area contributed by atoms with E-state index in [0.717, 1.165) is 24.6 Å². The van der Waals surface area contributed by atoms with Gasteiger partial charge < -0.3 is 23.1 Å². The van der Waals surface area contributed by atoms with E-state index in [1.54, 1.807) is 7.11 Å². The second-order valence-electron chi connectivity index (χ2n) is 11.2. The van der Waals surface area contributed by atoms with Gasteiger partial charge >= 0.3 is 0 Å². The van der Waals surface area contributed by atoms with Crippen molar-refractivity contribution in [2.75, 3.05) is 13.7 Å². The molecule has 0 radical (unpaired) electrons. The van der Waals surface area contributed by atoms with E-state index in [9.17, 15) is 0 Å². The number of methoxy groups -OCH3 is 1. The topological polar surface area (TPSA) is 46.2 Å². The van der Waals surface area contributed by atoms with Crippen molar-refractivity contribution >= 4 is 16.6 Å². The molecule has 7 heteroatoms. The molecule has 0 aromatic carbocycles. The molecule has 0 aromatic heterocycles. The van der Waals surface area contributed by atoms with Crippen molar-refractivity contribution < 1.29 is 23.1 Å². The Morgan fingerprint density at radius 2 is 1.69 bits per heavy atom. The van der Waals surface area contributed by atoms with E-state index >= 15 is 0 Å². The molecule has 0 aromatic rings. The van der Waals surface area contributed by atoms with Crippen molar-refractivity contribution in [1.82, 2.24) is 0 Å². The summed E-state index contributed by atoms with van der Waals surface area (Å²) in [6.45, 7) is 20.9. The van der Waals surface area contributed by atoms with Crippen LogP contribution in [0.2, 0.25) is 36.3 Å². The summed E-state index contributed by atoms with van der Waals surface area (Å²) in [6, 6.07) is 3.25. The normalized spacial score (nSPS) is 34.5. The first-order chi connectivity index (χ1) is 14.8. The van der Waals surface area contributed by atoms with Crippen molar-refractivity contribution in [3.05, 3.63) is 0 Å². The van der Waals surface area contributed by atoms with Gasteiger partial charge in [0.05, 0.1) is 12.7 Å². The van der Waals surface area contributed by atoms with Gasteiger partial charge in [-0.2, -0.15) is 0 Å². The fraction of sp³-hybridized carbons (Fsp3) is 0.920. The molecule has 0 bridgehead atoms. The lowest BCUT2D eigenvalue weighted by atomic mass is 9.87. The van der Waals surface area contributed by atoms with E-state index in [1.165, 1.54) is 0 Å². The lowest BCUT2D eigenvalue weighted by Gasteiger charge is -2.52. The van der Waals surface area contributed by atoms with Crippen LogP contribution in [0.25, 0.3) is 0 Å². The second-order valence-corrected chi connectivity index (χ2v) is 20.7. The molecular formula is C25H48O5Si2. The van der Waals surface area contributed by atoms with Crippen LogP contribution >= 0.6 is 0 Å². The minimum absolute atomic E-state index is 0.0851. The lowest BCUT2D eigenvalue weighted by molar-refractivity contribution is -0.336. The molecule has 0 amide bonds. The van der Waals surface area contributed by atoms with Crippen LogP contribution in [0.4, 0.5) is 0 Å². The van der Waals surface area contributed by atoms with Crippen LogP contribution in [0.1, 0.15) is 61.3 Å². The van der Waals surface area contributed by atoms with Crippen molar-refractivity contribution in [1.29, 1.82) is 0 Å². The zero-order chi connectivity index (χ0) is 24.4. The zero-order valence-electron chi connectivity index (χ0n) is 22.2. The van der Waals surface area contributed by atoms with Gasteiger partial charge in [0, 0.05) is 13.5 Å². The van der Waals surface area contributed by atoms with E-state index in [4.69, 9.17) is 29.5 Å². The van der Waals surface area contributed by atoms with E-state index < -0.39 is 28.5 Å². The average Bonchev–Trinajstić information content (AvgIpc) is 3.15. The Morgan fingerprint density at radius 1 is 1.09 bits per heavy atom. The summed E-state index contributed by atoms with van der Waals surface area (Å²) in [4.78, 5) is 0. The number of ether oxygens (including phenoxy) is 3. The molecule has 0 N–H and O–H groups in total. The number of hydrogen-bond donors (Lipinski definition) is 0. The smallest absolute Gasteiger partial charge is 0.220 e. The van der Waals surface area contributed by atoms with Gasteiger partial charge in [-0.3, -0.25) is 0 Å². The Kier molecular flexibility index (Phi) is 9.28. The van der Waals surface area contributed by atoms with Gasteiger partial charge in [-0.15, -0.1) is 6.42 Å². The first-order valence-corrected chi connectivity index (χ1v) is 17.9. The van der Waals surface area contributed by atoms with Gasteiger partial charge in [0.2, 0.25) is 5.79 Å². The van der Waals surface area contributed by atoms with Gasteiger partial charge in [-0.1, -0.05) is 54.4 Å². The molecule has 0 spiro atoms. The van der Waals surface area contributed by atoms with Crippen molar-refractivity contribution in [2.24, 2.45) is 5.92 Å². The highest BCUT2D eigenvalue weighted by atomic mass is 28.4. The Labute approximate surface area is 199 Å². The van der Waals surface area contributed by atoms with Crippen LogP contribution in [0.5, 0.6) is 0 Å². The number of terminal acetylenes is 1. The Bertz CT molecular complexity index is 643. The molecule has 2 fully saturated rings. The summed E-state index contributed by atoms with van der Waals surface area (Å²) in [5.74, 6) is 2.17. The first kappa shape index (κ1) is 28.0. The molecule has 5 nitrogen and oxygen atoms in total. The van der Waals surface area contributed by atoms with Crippen LogP contribution in [-0.4, -0.2) is 60.6 Å². The van der Waals surface area contributed by atoms with Crippen LogP contribution in [0.15, 0.2) is 0 Å². The molecule has 0 aliphatic carbocycles. The minimum atomic E-state index is -2.07. The third-order valence-electron chi connectivity index (χ3n) is 8.40. The fourth-order valence-electron chi connectivity index (χ4n) is 4.80. The van der Waals surface area contributed by atoms with Crippen molar-refractivity contribution in [3.63, 3.8) is 0 Å². The van der Waals surface area contributed by atoms with Crippen LogP contribution < -0.4 is 0 Å². The highest BCUT2D eigenvalue weighted by Gasteiger charge is 2.59. The fourth-order valence-corrected chi connectivity index (χ4v) is 9.05. The molecule has 2 aliphatic heterocycles. The van der Waals surface area contributed by atoms with Crippen LogP contribution in [0.3, 0.4) is 0 Å². The Hall–Kier alpha value is -0.206. The molecule has 2 aliphatic rings. The number of rotatable bonds is 9. The highest BCUT2D eigenvalue weighted by Crippen LogP contribution is 2.46. The quantitative estimate of drug-likeness (QED) is 0.299. The summed E-state index contributed by atoms with van der Waals surface area (Å²) in [5, 5.41) is 0.0851. The highest BCUT2D eigenvalue weighted by molar-refractivity contribution is 6.74. The van der Waals surface area contributed by atoms with Gasteiger partial charge in [0.25, 0.3) is 0 Å². The molecule has 0 unspecified atom stereocenters. The molecule has 2 heterocycles. The van der Waals surface area contributed by atoms with Crippen molar-refractivity contribution in [3.8, 4) is 12.3 Å². The average molecular weight is 485 g/mol. The SMILES string of the molecule is C#C[C@H]1O[C@H]([C@@]2(OC)OCC[C@@H](C)[C@H]2O[Si](C)(C)C(C)(C)C)C[C@H]1O[Si](CC)(CC)CC. The van der Waals surface area contributed by atoms with Gasteiger partial charge in [0.15, 0.2) is 16.6 Å². The first-order valence-electron chi connectivity index (χ1n) is 12.5. The molecule has 6 atom stereocenters. The minimum Gasteiger partial charge on any atom is -0.410 e. The van der Waals surface area contributed by atoms with Crippen LogP contribution in [-0.2, 0) is 23.1 Å². The molecule has 0 saturated carbocycles. The van der Waals surface area contributed by atoms with E-state index in [2.05, 4.69) is 67.5 Å². The largest absolute Gasteiger partial charge is 0.410 e. The monoisotopic (exact) mass is 484 g/mol. The molecule has 2 rings (SSSR count).